The standard InChI is InChI=1S/C26H26ClN7O/c1-14(2)19-12-29-25(30-13-19)16(4)32-26(35)23-24(28)34-21(17-8-6-5-7-9-17)22(33-23)18-10-15(3)31-20(27)11-18/h5-14,16H,1-4H3,(H2,28,34)(H,32,35). The first kappa shape index (κ1) is 24.2. The average Bonchev–Trinajstić information content (AvgIpc) is 2.83. The Morgan fingerprint density at radius 1 is 0.943 bits per heavy atom. The summed E-state index contributed by atoms with van der Waals surface area (Å²) in [5, 5.41) is 3.20. The monoisotopic (exact) mass is 487 g/mol. The number of hydrogen-bond donors (Lipinski definition) is 2. The Kier molecular flexibility index (Phi) is 7.02. The molecule has 3 heterocycles. The predicted molar refractivity (Wildman–Crippen MR) is 137 cm³/mol. The van der Waals surface area contributed by atoms with Crippen molar-refractivity contribution in [3.8, 4) is 22.5 Å². The van der Waals surface area contributed by atoms with Crippen molar-refractivity contribution >= 4 is 23.3 Å². The fourth-order valence-corrected chi connectivity index (χ4v) is 3.83. The molecule has 0 fully saturated rings. The number of benzene rings is 1. The van der Waals surface area contributed by atoms with Crippen LogP contribution in [0.15, 0.2) is 54.9 Å². The molecule has 0 saturated heterocycles. The largest absolute Gasteiger partial charge is 0.382 e. The number of rotatable bonds is 6. The number of carbonyl (C=O) groups excluding carboxylic acids is 1. The normalized spacial score (nSPS) is 11.9. The highest BCUT2D eigenvalue weighted by Gasteiger charge is 2.22. The Morgan fingerprint density at radius 3 is 2.23 bits per heavy atom. The van der Waals surface area contributed by atoms with Gasteiger partial charge < -0.3 is 11.1 Å². The Bertz CT molecular complexity index is 1340. The number of pyridine rings is 1. The first-order valence-electron chi connectivity index (χ1n) is 11.2. The zero-order valence-electron chi connectivity index (χ0n) is 20.0. The number of aryl methyl sites for hydroxylation is 1. The van der Waals surface area contributed by atoms with Crippen molar-refractivity contribution in [1.29, 1.82) is 0 Å². The van der Waals surface area contributed by atoms with Gasteiger partial charge in [0.25, 0.3) is 5.91 Å². The van der Waals surface area contributed by atoms with Gasteiger partial charge in [-0.1, -0.05) is 55.8 Å². The summed E-state index contributed by atoms with van der Waals surface area (Å²) >= 11 is 6.22. The summed E-state index contributed by atoms with van der Waals surface area (Å²) in [6.45, 7) is 7.78. The number of nitrogens with zero attached hydrogens (tertiary/aromatic N) is 5. The van der Waals surface area contributed by atoms with Gasteiger partial charge in [0.2, 0.25) is 0 Å². The van der Waals surface area contributed by atoms with E-state index < -0.39 is 11.9 Å². The molecule has 0 radical (unpaired) electrons. The van der Waals surface area contributed by atoms with E-state index in [4.69, 9.17) is 17.3 Å². The van der Waals surface area contributed by atoms with E-state index in [9.17, 15) is 4.79 Å². The van der Waals surface area contributed by atoms with Gasteiger partial charge in [-0.2, -0.15) is 0 Å². The molecule has 0 spiro atoms. The molecule has 0 aliphatic carbocycles. The smallest absolute Gasteiger partial charge is 0.274 e. The minimum atomic E-state index is -0.475. The number of nitrogen functional groups attached to an aromatic ring is 1. The Morgan fingerprint density at radius 2 is 1.60 bits per heavy atom. The van der Waals surface area contributed by atoms with Gasteiger partial charge in [-0.3, -0.25) is 4.79 Å². The van der Waals surface area contributed by atoms with Crippen LogP contribution in [0.1, 0.15) is 60.3 Å². The van der Waals surface area contributed by atoms with E-state index in [2.05, 4.69) is 44.1 Å². The number of anilines is 1. The molecule has 178 valence electrons. The van der Waals surface area contributed by atoms with Crippen LogP contribution in [-0.4, -0.2) is 30.8 Å². The fourth-order valence-electron chi connectivity index (χ4n) is 3.58. The molecular formula is C26H26ClN7O. The molecule has 3 N–H and O–H groups in total. The van der Waals surface area contributed by atoms with E-state index in [1.54, 1.807) is 25.4 Å². The lowest BCUT2D eigenvalue weighted by molar-refractivity contribution is 0.0934. The summed E-state index contributed by atoms with van der Waals surface area (Å²) < 4.78 is 0. The van der Waals surface area contributed by atoms with Gasteiger partial charge in [0.05, 0.1) is 17.4 Å². The molecule has 0 aliphatic rings. The van der Waals surface area contributed by atoms with Crippen LogP contribution in [-0.2, 0) is 0 Å². The molecule has 4 aromatic rings. The molecule has 0 saturated carbocycles. The Labute approximate surface area is 209 Å². The van der Waals surface area contributed by atoms with Crippen molar-refractivity contribution < 1.29 is 4.79 Å². The molecule has 1 amide bonds. The molecule has 0 aliphatic heterocycles. The van der Waals surface area contributed by atoms with Gasteiger partial charge in [-0.05, 0) is 37.5 Å². The van der Waals surface area contributed by atoms with Crippen molar-refractivity contribution in [2.45, 2.75) is 39.7 Å². The fraction of sp³-hybridized carbons (Fsp3) is 0.231. The quantitative estimate of drug-likeness (QED) is 0.360. The third kappa shape index (κ3) is 5.44. The summed E-state index contributed by atoms with van der Waals surface area (Å²) in [4.78, 5) is 35.4. The molecule has 4 rings (SSSR count). The number of nitrogens with one attached hydrogen (secondary N) is 1. The van der Waals surface area contributed by atoms with Crippen molar-refractivity contribution in [2.24, 2.45) is 0 Å². The molecule has 9 heteroatoms. The number of amides is 1. The van der Waals surface area contributed by atoms with Gasteiger partial charge in [-0.25, -0.2) is 24.9 Å². The predicted octanol–water partition coefficient (Wildman–Crippen LogP) is 5.15. The summed E-state index contributed by atoms with van der Waals surface area (Å²) in [5.41, 5.74) is 10.5. The lowest BCUT2D eigenvalue weighted by Gasteiger charge is -2.16. The highest BCUT2D eigenvalue weighted by Crippen LogP contribution is 2.32. The maximum Gasteiger partial charge on any atom is 0.274 e. The van der Waals surface area contributed by atoms with Crippen molar-refractivity contribution in [1.82, 2.24) is 30.2 Å². The second-order valence-corrected chi connectivity index (χ2v) is 8.95. The molecular weight excluding hydrogens is 462 g/mol. The SMILES string of the molecule is Cc1cc(-c2nc(C(=O)NC(C)c3ncc(C(C)C)cn3)c(N)nc2-c2ccccc2)cc(Cl)n1. The van der Waals surface area contributed by atoms with E-state index in [1.807, 2.05) is 43.3 Å². The van der Waals surface area contributed by atoms with Gasteiger partial charge in [0, 0.05) is 29.2 Å². The van der Waals surface area contributed by atoms with E-state index in [1.165, 1.54) is 0 Å². The van der Waals surface area contributed by atoms with E-state index >= 15 is 0 Å². The van der Waals surface area contributed by atoms with Crippen LogP contribution in [0.2, 0.25) is 5.15 Å². The average molecular weight is 488 g/mol. The Balaban J connectivity index is 1.73. The zero-order valence-corrected chi connectivity index (χ0v) is 20.7. The third-order valence-corrected chi connectivity index (χ3v) is 5.67. The van der Waals surface area contributed by atoms with Crippen molar-refractivity contribution in [2.75, 3.05) is 5.73 Å². The van der Waals surface area contributed by atoms with Crippen LogP contribution in [0.4, 0.5) is 5.82 Å². The van der Waals surface area contributed by atoms with Crippen molar-refractivity contribution in [3.63, 3.8) is 0 Å². The number of carbonyl (C=O) groups is 1. The van der Waals surface area contributed by atoms with Crippen LogP contribution in [0.25, 0.3) is 22.5 Å². The van der Waals surface area contributed by atoms with Crippen LogP contribution in [0, 0.1) is 6.92 Å². The minimum absolute atomic E-state index is 0.0101. The third-order valence-electron chi connectivity index (χ3n) is 5.47. The summed E-state index contributed by atoms with van der Waals surface area (Å²) in [6, 6.07) is 12.6. The summed E-state index contributed by atoms with van der Waals surface area (Å²) in [5.74, 6) is 0.352. The van der Waals surface area contributed by atoms with Crippen LogP contribution >= 0.6 is 11.6 Å². The summed E-state index contributed by atoms with van der Waals surface area (Å²) in [7, 11) is 0. The first-order valence-corrected chi connectivity index (χ1v) is 11.6. The van der Waals surface area contributed by atoms with E-state index in [0.29, 0.717) is 39.5 Å². The van der Waals surface area contributed by atoms with Crippen LogP contribution in [0.3, 0.4) is 0 Å². The van der Waals surface area contributed by atoms with Crippen molar-refractivity contribution in [3.05, 3.63) is 82.8 Å². The van der Waals surface area contributed by atoms with Crippen LogP contribution < -0.4 is 11.1 Å². The van der Waals surface area contributed by atoms with Gasteiger partial charge in [0.1, 0.15) is 11.0 Å². The maximum absolute atomic E-state index is 13.2. The molecule has 8 nitrogen and oxygen atoms in total. The second kappa shape index (κ2) is 10.1. The summed E-state index contributed by atoms with van der Waals surface area (Å²) in [6.07, 6.45) is 3.54. The second-order valence-electron chi connectivity index (χ2n) is 8.57. The topological polar surface area (TPSA) is 120 Å². The number of nitrogens with two attached hydrogens (primary N) is 1. The molecule has 1 atom stereocenters. The molecule has 1 aromatic carbocycles. The first-order chi connectivity index (χ1) is 16.7. The molecule has 0 bridgehead atoms. The molecule has 35 heavy (non-hydrogen) atoms. The minimum Gasteiger partial charge on any atom is -0.382 e. The lowest BCUT2D eigenvalue weighted by atomic mass is 10.0. The number of aromatic nitrogens is 5. The Hall–Kier alpha value is -3.91. The highest BCUT2D eigenvalue weighted by atomic mass is 35.5. The van der Waals surface area contributed by atoms with Gasteiger partial charge >= 0.3 is 0 Å². The lowest BCUT2D eigenvalue weighted by Crippen LogP contribution is -2.30. The molecule has 1 unspecified atom stereocenters. The van der Waals surface area contributed by atoms with E-state index in [-0.39, 0.29) is 11.5 Å². The van der Waals surface area contributed by atoms with Crippen LogP contribution in [0.5, 0.6) is 0 Å². The number of hydrogen-bond acceptors (Lipinski definition) is 7. The maximum atomic E-state index is 13.2. The van der Waals surface area contributed by atoms with Gasteiger partial charge in [0.15, 0.2) is 11.5 Å². The van der Waals surface area contributed by atoms with Gasteiger partial charge in [-0.15, -0.1) is 0 Å². The zero-order chi connectivity index (χ0) is 25.1. The molecule has 3 aromatic heterocycles. The van der Waals surface area contributed by atoms with E-state index in [0.717, 1.165) is 11.1 Å². The number of halogens is 1. The highest BCUT2D eigenvalue weighted by molar-refractivity contribution is 6.29.